The fourth-order valence-electron chi connectivity index (χ4n) is 3.38. The van der Waals surface area contributed by atoms with Gasteiger partial charge in [-0.2, -0.15) is 0 Å². The molecule has 3 amide bonds. The summed E-state index contributed by atoms with van der Waals surface area (Å²) in [6.45, 7) is 1.88. The lowest BCUT2D eigenvalue weighted by atomic mass is 10.2. The molecule has 6 nitrogen and oxygen atoms in total. The van der Waals surface area contributed by atoms with E-state index in [-0.39, 0.29) is 17.9 Å². The third kappa shape index (κ3) is 5.16. The van der Waals surface area contributed by atoms with Crippen LogP contribution in [-0.4, -0.2) is 23.1 Å². The Labute approximate surface area is 170 Å². The topological polar surface area (TPSA) is 75.2 Å². The standard InChI is InChI=1S/C23H26N4O2/c28-22(19-9-10-19)26-20-7-3-5-17(15-20)16-25-23(29)24-12-4-13-27-14-11-18-6-1-2-8-21(18)27/h1-3,5-8,11,14-15,19H,4,9-10,12-13,16H2,(H,26,28)(H2,24,25,29). The van der Waals surface area contributed by atoms with Gasteiger partial charge >= 0.3 is 6.03 Å². The first-order valence-corrected chi connectivity index (χ1v) is 10.1. The first-order chi connectivity index (χ1) is 14.2. The SMILES string of the molecule is O=C(NCCCn1ccc2ccccc21)NCc1cccc(NC(=O)C2CC2)c1. The van der Waals surface area contributed by atoms with Gasteiger partial charge in [-0.3, -0.25) is 4.79 Å². The molecule has 1 heterocycles. The van der Waals surface area contributed by atoms with Crippen LogP contribution in [0.1, 0.15) is 24.8 Å². The van der Waals surface area contributed by atoms with E-state index < -0.39 is 0 Å². The lowest BCUT2D eigenvalue weighted by Gasteiger charge is -2.10. The van der Waals surface area contributed by atoms with Gasteiger partial charge in [-0.05, 0) is 54.5 Å². The van der Waals surface area contributed by atoms with Crippen LogP contribution in [0.2, 0.25) is 0 Å². The molecule has 2 aromatic carbocycles. The second kappa shape index (κ2) is 8.82. The number of hydrogen-bond donors (Lipinski definition) is 3. The van der Waals surface area contributed by atoms with Gasteiger partial charge in [0.25, 0.3) is 0 Å². The number of benzene rings is 2. The Morgan fingerprint density at radius 3 is 2.72 bits per heavy atom. The molecule has 150 valence electrons. The summed E-state index contributed by atoms with van der Waals surface area (Å²) in [5.74, 6) is 0.260. The molecule has 0 unspecified atom stereocenters. The summed E-state index contributed by atoms with van der Waals surface area (Å²) in [4.78, 5) is 23.9. The summed E-state index contributed by atoms with van der Waals surface area (Å²) in [5, 5.41) is 9.93. The number of aryl methyl sites for hydroxylation is 1. The second-order valence-corrected chi connectivity index (χ2v) is 7.49. The third-order valence-electron chi connectivity index (χ3n) is 5.14. The molecule has 0 bridgehead atoms. The minimum atomic E-state index is -0.185. The van der Waals surface area contributed by atoms with Crippen LogP contribution in [0.25, 0.3) is 10.9 Å². The van der Waals surface area contributed by atoms with Crippen LogP contribution in [0.4, 0.5) is 10.5 Å². The van der Waals surface area contributed by atoms with Crippen molar-refractivity contribution >= 4 is 28.5 Å². The molecular weight excluding hydrogens is 364 g/mol. The molecule has 0 aliphatic heterocycles. The first-order valence-electron chi connectivity index (χ1n) is 10.1. The molecule has 0 spiro atoms. The molecule has 0 atom stereocenters. The van der Waals surface area contributed by atoms with Gasteiger partial charge in [0.05, 0.1) is 0 Å². The van der Waals surface area contributed by atoms with Gasteiger partial charge in [0, 0.05) is 43.0 Å². The van der Waals surface area contributed by atoms with Gasteiger partial charge in [0.15, 0.2) is 0 Å². The Morgan fingerprint density at radius 2 is 1.86 bits per heavy atom. The highest BCUT2D eigenvalue weighted by Gasteiger charge is 2.29. The number of carbonyl (C=O) groups is 2. The highest BCUT2D eigenvalue weighted by Crippen LogP contribution is 2.30. The molecule has 1 aromatic heterocycles. The number of nitrogens with one attached hydrogen (secondary N) is 3. The van der Waals surface area contributed by atoms with Crippen LogP contribution in [0.5, 0.6) is 0 Å². The van der Waals surface area contributed by atoms with Crippen molar-refractivity contribution in [1.29, 1.82) is 0 Å². The Morgan fingerprint density at radius 1 is 1.00 bits per heavy atom. The van der Waals surface area contributed by atoms with E-state index in [2.05, 4.69) is 44.9 Å². The van der Waals surface area contributed by atoms with Gasteiger partial charge < -0.3 is 20.5 Å². The minimum Gasteiger partial charge on any atom is -0.347 e. The predicted molar refractivity (Wildman–Crippen MR) is 115 cm³/mol. The average Bonchev–Trinajstić information content (AvgIpc) is 3.51. The van der Waals surface area contributed by atoms with Crippen LogP contribution in [0.3, 0.4) is 0 Å². The molecule has 0 saturated heterocycles. The van der Waals surface area contributed by atoms with E-state index in [0.717, 1.165) is 37.1 Å². The van der Waals surface area contributed by atoms with Gasteiger partial charge in [-0.25, -0.2) is 4.79 Å². The maximum Gasteiger partial charge on any atom is 0.315 e. The Kier molecular flexibility index (Phi) is 5.79. The molecule has 0 radical (unpaired) electrons. The van der Waals surface area contributed by atoms with Crippen molar-refractivity contribution in [3.8, 4) is 0 Å². The van der Waals surface area contributed by atoms with Crippen molar-refractivity contribution in [1.82, 2.24) is 15.2 Å². The van der Waals surface area contributed by atoms with E-state index in [1.54, 1.807) is 0 Å². The van der Waals surface area contributed by atoms with Crippen molar-refractivity contribution in [3.05, 3.63) is 66.4 Å². The molecule has 1 fully saturated rings. The van der Waals surface area contributed by atoms with E-state index in [1.165, 1.54) is 10.9 Å². The number of hydrogen-bond acceptors (Lipinski definition) is 2. The highest BCUT2D eigenvalue weighted by atomic mass is 16.2. The normalized spacial score (nSPS) is 13.2. The fraction of sp³-hybridized carbons (Fsp3) is 0.304. The van der Waals surface area contributed by atoms with Gasteiger partial charge in [0.1, 0.15) is 0 Å². The number of rotatable bonds is 8. The minimum absolute atomic E-state index is 0.0864. The lowest BCUT2D eigenvalue weighted by Crippen LogP contribution is -2.35. The molecule has 4 rings (SSSR count). The molecule has 1 aliphatic rings. The number of nitrogens with zero attached hydrogens (tertiary/aromatic N) is 1. The average molecular weight is 390 g/mol. The van der Waals surface area contributed by atoms with Crippen molar-refractivity contribution in [2.45, 2.75) is 32.4 Å². The van der Waals surface area contributed by atoms with Crippen LogP contribution in [0, 0.1) is 5.92 Å². The second-order valence-electron chi connectivity index (χ2n) is 7.49. The number of urea groups is 1. The summed E-state index contributed by atoms with van der Waals surface area (Å²) < 4.78 is 2.20. The summed E-state index contributed by atoms with van der Waals surface area (Å²) in [6.07, 6.45) is 4.90. The summed E-state index contributed by atoms with van der Waals surface area (Å²) in [7, 11) is 0. The molecule has 6 heteroatoms. The van der Waals surface area contributed by atoms with Crippen LogP contribution in [-0.2, 0) is 17.9 Å². The maximum atomic E-state index is 12.1. The zero-order valence-electron chi connectivity index (χ0n) is 16.4. The summed E-state index contributed by atoms with van der Waals surface area (Å²) >= 11 is 0. The number of amides is 3. The van der Waals surface area contributed by atoms with Gasteiger partial charge in [-0.1, -0.05) is 30.3 Å². The monoisotopic (exact) mass is 390 g/mol. The highest BCUT2D eigenvalue weighted by molar-refractivity contribution is 5.94. The molecule has 3 N–H and O–H groups in total. The predicted octanol–water partition coefficient (Wildman–Crippen LogP) is 3.88. The Balaban J connectivity index is 1.18. The van der Waals surface area contributed by atoms with Crippen molar-refractivity contribution in [3.63, 3.8) is 0 Å². The number of para-hydroxylation sites is 1. The van der Waals surface area contributed by atoms with E-state index >= 15 is 0 Å². The third-order valence-corrected chi connectivity index (χ3v) is 5.14. The van der Waals surface area contributed by atoms with E-state index in [9.17, 15) is 9.59 Å². The van der Waals surface area contributed by atoms with E-state index in [1.807, 2.05) is 36.4 Å². The van der Waals surface area contributed by atoms with Gasteiger partial charge in [0.2, 0.25) is 5.91 Å². The smallest absolute Gasteiger partial charge is 0.315 e. The fourth-order valence-corrected chi connectivity index (χ4v) is 3.38. The van der Waals surface area contributed by atoms with Crippen molar-refractivity contribution in [2.75, 3.05) is 11.9 Å². The van der Waals surface area contributed by atoms with Gasteiger partial charge in [-0.15, -0.1) is 0 Å². The van der Waals surface area contributed by atoms with E-state index in [0.29, 0.717) is 13.1 Å². The molecule has 1 aliphatic carbocycles. The summed E-state index contributed by atoms with van der Waals surface area (Å²) in [5.41, 5.74) is 2.94. The number of carbonyl (C=O) groups excluding carboxylic acids is 2. The van der Waals surface area contributed by atoms with Crippen LogP contribution in [0.15, 0.2) is 60.8 Å². The number of aromatic nitrogens is 1. The zero-order valence-corrected chi connectivity index (χ0v) is 16.4. The quantitative estimate of drug-likeness (QED) is 0.511. The molecule has 29 heavy (non-hydrogen) atoms. The first kappa shape index (κ1) is 19.1. The van der Waals surface area contributed by atoms with Crippen molar-refractivity contribution < 1.29 is 9.59 Å². The molecule has 3 aromatic rings. The zero-order chi connectivity index (χ0) is 20.1. The number of fused-ring (bicyclic) bond motifs is 1. The van der Waals surface area contributed by atoms with Crippen LogP contribution >= 0.6 is 0 Å². The Hall–Kier alpha value is -3.28. The Bertz CT molecular complexity index is 1010. The maximum absolute atomic E-state index is 12.1. The summed E-state index contributed by atoms with van der Waals surface area (Å²) in [6, 6.07) is 17.8. The van der Waals surface area contributed by atoms with Crippen LogP contribution < -0.4 is 16.0 Å². The number of anilines is 1. The lowest BCUT2D eigenvalue weighted by molar-refractivity contribution is -0.117. The molecular formula is C23H26N4O2. The largest absolute Gasteiger partial charge is 0.347 e. The molecule has 1 saturated carbocycles. The van der Waals surface area contributed by atoms with Crippen molar-refractivity contribution in [2.24, 2.45) is 5.92 Å². The van der Waals surface area contributed by atoms with E-state index in [4.69, 9.17) is 0 Å².